The molecule has 1 saturated heterocycles. The summed E-state index contributed by atoms with van der Waals surface area (Å²) in [6.07, 6.45) is 1.29. The van der Waals surface area contributed by atoms with E-state index in [2.05, 4.69) is 21.0 Å². The van der Waals surface area contributed by atoms with E-state index in [0.29, 0.717) is 0 Å². The van der Waals surface area contributed by atoms with E-state index < -0.39 is 0 Å². The number of rotatable bonds is 5. The maximum Gasteiger partial charge on any atom is 0.107 e. The Balaban J connectivity index is 1.58. The van der Waals surface area contributed by atoms with Gasteiger partial charge in [-0.1, -0.05) is 0 Å². The molecule has 0 unspecified atom stereocenters. The second-order valence-corrected chi connectivity index (χ2v) is 4.82. The topological polar surface area (TPSA) is 37.0 Å². The molecule has 1 fully saturated rings. The maximum atomic E-state index is 4.41. The van der Waals surface area contributed by atoms with Gasteiger partial charge in [0.15, 0.2) is 0 Å². The van der Waals surface area contributed by atoms with E-state index >= 15 is 0 Å². The predicted octanol–water partition coefficient (Wildman–Crippen LogP) is 1.15. The van der Waals surface area contributed by atoms with Crippen LogP contribution in [0, 0.1) is 12.8 Å². The van der Waals surface area contributed by atoms with Crippen molar-refractivity contribution in [2.45, 2.75) is 19.9 Å². The van der Waals surface area contributed by atoms with Crippen LogP contribution in [0.25, 0.3) is 0 Å². The number of nitrogens with zero attached hydrogens (tertiary/aromatic N) is 1. The number of hydrogen-bond acceptors (Lipinski definition) is 4. The van der Waals surface area contributed by atoms with Gasteiger partial charge in [-0.3, -0.25) is 0 Å². The number of aryl methyl sites for hydroxylation is 1. The summed E-state index contributed by atoms with van der Waals surface area (Å²) >= 11 is 1.74. The molecule has 2 rings (SSSR count). The van der Waals surface area contributed by atoms with Crippen LogP contribution in [0.15, 0.2) is 5.38 Å². The maximum absolute atomic E-state index is 4.41. The van der Waals surface area contributed by atoms with Gasteiger partial charge in [0.2, 0.25) is 0 Å². The van der Waals surface area contributed by atoms with E-state index in [1.165, 1.54) is 24.5 Å². The van der Waals surface area contributed by atoms with E-state index in [4.69, 9.17) is 0 Å². The fourth-order valence-corrected chi connectivity index (χ4v) is 2.28. The van der Waals surface area contributed by atoms with Gasteiger partial charge in [-0.15, -0.1) is 11.3 Å². The van der Waals surface area contributed by atoms with Crippen molar-refractivity contribution in [1.29, 1.82) is 0 Å². The molecule has 1 aromatic rings. The van der Waals surface area contributed by atoms with Crippen LogP contribution >= 0.6 is 11.3 Å². The molecule has 1 aliphatic heterocycles. The molecule has 2 N–H and O–H groups in total. The van der Waals surface area contributed by atoms with Crippen molar-refractivity contribution in [3.05, 3.63) is 16.1 Å². The molecule has 1 aliphatic rings. The lowest BCUT2D eigenvalue weighted by Gasteiger charge is -2.26. The SMILES string of the molecule is Cc1csc(CNCCC2CNC2)n1. The summed E-state index contributed by atoms with van der Waals surface area (Å²) in [6.45, 7) is 6.50. The number of aromatic nitrogens is 1. The highest BCUT2D eigenvalue weighted by Gasteiger charge is 2.15. The van der Waals surface area contributed by atoms with Crippen LogP contribution in [0.4, 0.5) is 0 Å². The van der Waals surface area contributed by atoms with Gasteiger partial charge in [0.1, 0.15) is 5.01 Å². The lowest BCUT2D eigenvalue weighted by Crippen LogP contribution is -2.43. The molecule has 0 aromatic carbocycles. The largest absolute Gasteiger partial charge is 0.316 e. The van der Waals surface area contributed by atoms with Crippen molar-refractivity contribution in [1.82, 2.24) is 15.6 Å². The molecular weight excluding hydrogens is 194 g/mol. The third kappa shape index (κ3) is 2.77. The Kier molecular flexibility index (Phi) is 3.50. The van der Waals surface area contributed by atoms with Gasteiger partial charge < -0.3 is 10.6 Å². The molecule has 0 radical (unpaired) electrons. The fraction of sp³-hybridized carbons (Fsp3) is 0.700. The van der Waals surface area contributed by atoms with Crippen LogP contribution in [0.5, 0.6) is 0 Å². The van der Waals surface area contributed by atoms with Crippen molar-refractivity contribution in [2.75, 3.05) is 19.6 Å². The standard InChI is InChI=1S/C10H17N3S/c1-8-7-14-10(13-8)6-11-3-2-9-4-12-5-9/h7,9,11-12H,2-6H2,1H3. The van der Waals surface area contributed by atoms with Gasteiger partial charge in [-0.2, -0.15) is 0 Å². The normalized spacial score (nSPS) is 16.9. The van der Waals surface area contributed by atoms with Crippen LogP contribution in [-0.4, -0.2) is 24.6 Å². The van der Waals surface area contributed by atoms with Crippen molar-refractivity contribution < 1.29 is 0 Å². The van der Waals surface area contributed by atoms with Gasteiger partial charge in [-0.05, 0) is 38.9 Å². The molecule has 0 saturated carbocycles. The summed E-state index contributed by atoms with van der Waals surface area (Å²) in [4.78, 5) is 4.41. The monoisotopic (exact) mass is 211 g/mol. The summed E-state index contributed by atoms with van der Waals surface area (Å²) in [7, 11) is 0. The molecule has 0 aliphatic carbocycles. The molecule has 0 bridgehead atoms. The molecule has 78 valence electrons. The second-order valence-electron chi connectivity index (χ2n) is 3.87. The minimum Gasteiger partial charge on any atom is -0.316 e. The lowest BCUT2D eigenvalue weighted by atomic mass is 10.00. The van der Waals surface area contributed by atoms with Gasteiger partial charge in [0.25, 0.3) is 0 Å². The average molecular weight is 211 g/mol. The number of hydrogen-bond donors (Lipinski definition) is 2. The number of thiazole rings is 1. The Hall–Kier alpha value is -0.450. The van der Waals surface area contributed by atoms with Crippen LogP contribution in [0.1, 0.15) is 17.1 Å². The molecule has 0 amide bonds. The Morgan fingerprint density at radius 2 is 2.50 bits per heavy atom. The summed E-state index contributed by atoms with van der Waals surface area (Å²) in [5, 5.41) is 10.0. The third-order valence-electron chi connectivity index (χ3n) is 2.54. The molecule has 1 aromatic heterocycles. The van der Waals surface area contributed by atoms with Crippen molar-refractivity contribution in [3.8, 4) is 0 Å². The van der Waals surface area contributed by atoms with Gasteiger partial charge >= 0.3 is 0 Å². The zero-order valence-electron chi connectivity index (χ0n) is 8.55. The highest BCUT2D eigenvalue weighted by Crippen LogP contribution is 2.09. The smallest absolute Gasteiger partial charge is 0.107 e. The molecule has 4 heteroatoms. The first-order chi connectivity index (χ1) is 6.84. The first-order valence-electron chi connectivity index (χ1n) is 5.17. The van der Waals surface area contributed by atoms with E-state index in [1.54, 1.807) is 11.3 Å². The molecule has 0 spiro atoms. The van der Waals surface area contributed by atoms with Crippen LogP contribution in [0.3, 0.4) is 0 Å². The van der Waals surface area contributed by atoms with Gasteiger partial charge in [0, 0.05) is 17.6 Å². The second kappa shape index (κ2) is 4.87. The van der Waals surface area contributed by atoms with E-state index in [-0.39, 0.29) is 0 Å². The zero-order valence-corrected chi connectivity index (χ0v) is 9.36. The third-order valence-corrected chi connectivity index (χ3v) is 3.50. The summed E-state index contributed by atoms with van der Waals surface area (Å²) in [5.74, 6) is 0.903. The highest BCUT2D eigenvalue weighted by atomic mass is 32.1. The molecular formula is C10H17N3S. The Morgan fingerprint density at radius 1 is 1.64 bits per heavy atom. The Morgan fingerprint density at radius 3 is 3.07 bits per heavy atom. The first kappa shape index (κ1) is 10.1. The Bertz CT molecular complexity index is 281. The highest BCUT2D eigenvalue weighted by molar-refractivity contribution is 7.09. The minimum atomic E-state index is 0.903. The summed E-state index contributed by atoms with van der Waals surface area (Å²) in [5.41, 5.74) is 1.13. The van der Waals surface area contributed by atoms with E-state index in [1.807, 2.05) is 6.92 Å². The van der Waals surface area contributed by atoms with E-state index in [0.717, 1.165) is 24.7 Å². The predicted molar refractivity (Wildman–Crippen MR) is 59.5 cm³/mol. The Labute approximate surface area is 88.9 Å². The summed E-state index contributed by atoms with van der Waals surface area (Å²) in [6, 6.07) is 0. The fourth-order valence-electron chi connectivity index (χ4n) is 1.54. The van der Waals surface area contributed by atoms with Crippen LogP contribution in [-0.2, 0) is 6.54 Å². The first-order valence-corrected chi connectivity index (χ1v) is 6.05. The molecule has 3 nitrogen and oxygen atoms in total. The number of nitrogens with one attached hydrogen (secondary N) is 2. The quantitative estimate of drug-likeness (QED) is 0.717. The molecule has 0 atom stereocenters. The lowest BCUT2D eigenvalue weighted by molar-refractivity contribution is 0.322. The van der Waals surface area contributed by atoms with Crippen LogP contribution in [0.2, 0.25) is 0 Å². The van der Waals surface area contributed by atoms with Gasteiger partial charge in [0.05, 0.1) is 0 Å². The van der Waals surface area contributed by atoms with Crippen molar-refractivity contribution >= 4 is 11.3 Å². The average Bonchev–Trinajstić information content (AvgIpc) is 2.48. The van der Waals surface area contributed by atoms with Gasteiger partial charge in [-0.25, -0.2) is 4.98 Å². The molecule has 2 heterocycles. The summed E-state index contributed by atoms with van der Waals surface area (Å²) < 4.78 is 0. The van der Waals surface area contributed by atoms with Crippen molar-refractivity contribution in [2.24, 2.45) is 5.92 Å². The zero-order chi connectivity index (χ0) is 9.80. The molecule has 14 heavy (non-hydrogen) atoms. The minimum absolute atomic E-state index is 0.903. The van der Waals surface area contributed by atoms with Crippen molar-refractivity contribution in [3.63, 3.8) is 0 Å². The van der Waals surface area contributed by atoms with Crippen LogP contribution < -0.4 is 10.6 Å². The van der Waals surface area contributed by atoms with E-state index in [9.17, 15) is 0 Å².